The van der Waals surface area contributed by atoms with Gasteiger partial charge in [0.15, 0.2) is 5.56 Å². The number of carboxylic acid groups (broad SMARTS) is 1. The first kappa shape index (κ1) is 22.7. The van der Waals surface area contributed by atoms with Crippen molar-refractivity contribution in [2.45, 2.75) is 32.7 Å². The van der Waals surface area contributed by atoms with Gasteiger partial charge in [0.1, 0.15) is 12.4 Å². The van der Waals surface area contributed by atoms with E-state index in [1.165, 1.54) is 17.0 Å². The normalized spacial score (nSPS) is 11.2. The molecule has 0 unspecified atom stereocenters. The molecule has 0 saturated heterocycles. The second-order valence-electron chi connectivity index (χ2n) is 8.28. The fraction of sp³-hybridized carbons (Fsp3) is 0.261. The average Bonchev–Trinajstić information content (AvgIpc) is 2.74. The van der Waals surface area contributed by atoms with E-state index in [2.05, 4.69) is 36.1 Å². The minimum atomic E-state index is -1.28. The molecule has 1 aromatic carbocycles. The fourth-order valence-electron chi connectivity index (χ4n) is 3.15. The van der Waals surface area contributed by atoms with Crippen LogP contribution in [-0.4, -0.2) is 43.2 Å². The number of carboxylic acids is 1. The summed E-state index contributed by atoms with van der Waals surface area (Å²) in [5.41, 5.74) is 1.01. The Balaban J connectivity index is 2.11. The van der Waals surface area contributed by atoms with Crippen molar-refractivity contribution in [3.63, 3.8) is 0 Å². The molecule has 0 bridgehead atoms. The van der Waals surface area contributed by atoms with Crippen LogP contribution in [0.4, 0.5) is 0 Å². The van der Waals surface area contributed by atoms with Crippen molar-refractivity contribution in [3.8, 4) is 17.3 Å². The Morgan fingerprint density at radius 2 is 1.69 bits per heavy atom. The van der Waals surface area contributed by atoms with Gasteiger partial charge in [-0.05, 0) is 28.7 Å². The van der Waals surface area contributed by atoms with E-state index in [4.69, 9.17) is 5.11 Å². The molecule has 0 atom stereocenters. The minimum Gasteiger partial charge on any atom is -0.493 e. The van der Waals surface area contributed by atoms with Crippen LogP contribution in [-0.2, 0) is 16.8 Å². The predicted molar refractivity (Wildman–Crippen MR) is 118 cm³/mol. The molecule has 3 N–H and O–H groups in total. The van der Waals surface area contributed by atoms with E-state index in [1.807, 2.05) is 24.3 Å². The lowest BCUT2D eigenvalue weighted by Gasteiger charge is -2.20. The van der Waals surface area contributed by atoms with Crippen LogP contribution in [0, 0.1) is 0 Å². The maximum absolute atomic E-state index is 13.2. The first-order valence-corrected chi connectivity index (χ1v) is 9.91. The van der Waals surface area contributed by atoms with Crippen molar-refractivity contribution >= 4 is 11.9 Å². The van der Waals surface area contributed by atoms with Crippen LogP contribution in [0.5, 0.6) is 5.88 Å². The van der Waals surface area contributed by atoms with E-state index in [1.54, 1.807) is 12.1 Å². The molecule has 1 amide bonds. The zero-order chi connectivity index (χ0) is 23.5. The molecule has 9 heteroatoms. The van der Waals surface area contributed by atoms with Gasteiger partial charge >= 0.3 is 5.97 Å². The zero-order valence-electron chi connectivity index (χ0n) is 18.0. The van der Waals surface area contributed by atoms with Crippen LogP contribution in [0.2, 0.25) is 0 Å². The highest BCUT2D eigenvalue weighted by molar-refractivity contribution is 5.97. The summed E-state index contributed by atoms with van der Waals surface area (Å²) in [5.74, 6) is -2.91. The zero-order valence-corrected chi connectivity index (χ0v) is 18.0. The van der Waals surface area contributed by atoms with Crippen molar-refractivity contribution in [1.82, 2.24) is 19.9 Å². The Kier molecular flexibility index (Phi) is 6.38. The second-order valence-corrected chi connectivity index (χ2v) is 8.28. The van der Waals surface area contributed by atoms with Gasteiger partial charge in [0.05, 0.1) is 6.54 Å². The smallest absolute Gasteiger partial charge is 0.322 e. The maximum atomic E-state index is 13.2. The van der Waals surface area contributed by atoms with Crippen molar-refractivity contribution in [3.05, 3.63) is 75.8 Å². The number of nitrogens with one attached hydrogen (secondary N) is 1. The summed E-state index contributed by atoms with van der Waals surface area (Å²) < 4.78 is 1.27. The highest BCUT2D eigenvalue weighted by Gasteiger charge is 2.24. The molecular formula is C23H24N4O5. The highest BCUT2D eigenvalue weighted by atomic mass is 16.4. The number of amides is 1. The third-order valence-electron chi connectivity index (χ3n) is 4.88. The van der Waals surface area contributed by atoms with Gasteiger partial charge in [-0.1, -0.05) is 45.0 Å². The molecule has 0 aliphatic carbocycles. The molecule has 9 nitrogen and oxygen atoms in total. The monoisotopic (exact) mass is 436 g/mol. The average molecular weight is 436 g/mol. The Hall–Kier alpha value is -4.01. The van der Waals surface area contributed by atoms with Crippen LogP contribution in [0.15, 0.2) is 53.6 Å². The number of pyridine rings is 1. The van der Waals surface area contributed by atoms with Gasteiger partial charge in [-0.15, -0.1) is 0 Å². The quantitative estimate of drug-likeness (QED) is 0.539. The first-order chi connectivity index (χ1) is 15.1. The number of hydrogen-bond donors (Lipinski definition) is 3. The Morgan fingerprint density at radius 3 is 2.25 bits per heavy atom. The molecule has 0 aliphatic rings. The molecule has 3 rings (SSSR count). The molecule has 0 saturated carbocycles. The number of nitrogens with zero attached hydrogens (tertiary/aromatic N) is 3. The standard InChI is InChI=1S/C23H24N4O5/c1-23(2,3)16-6-4-14(5-7-16)13-27-19(15-8-10-24-11-9-15)26-21(31)18(22(27)32)20(30)25-12-17(28)29/h4-11,31H,12-13H2,1-3H3,(H,25,30)(H,28,29). The van der Waals surface area contributed by atoms with E-state index in [-0.39, 0.29) is 17.8 Å². The van der Waals surface area contributed by atoms with E-state index in [9.17, 15) is 19.5 Å². The Morgan fingerprint density at radius 1 is 1.06 bits per heavy atom. The summed E-state index contributed by atoms with van der Waals surface area (Å²) in [7, 11) is 0. The fourth-order valence-corrected chi connectivity index (χ4v) is 3.15. The minimum absolute atomic E-state index is 0.0347. The van der Waals surface area contributed by atoms with Crippen LogP contribution in [0.3, 0.4) is 0 Å². The highest BCUT2D eigenvalue weighted by Crippen LogP contribution is 2.24. The van der Waals surface area contributed by atoms with Crippen molar-refractivity contribution in [1.29, 1.82) is 0 Å². The number of rotatable bonds is 6. The van der Waals surface area contributed by atoms with Crippen LogP contribution in [0.1, 0.15) is 42.3 Å². The van der Waals surface area contributed by atoms with Crippen molar-refractivity contribution in [2.24, 2.45) is 0 Å². The summed E-state index contributed by atoms with van der Waals surface area (Å²) in [6.07, 6.45) is 3.04. The predicted octanol–water partition coefficient (Wildman–Crippen LogP) is 2.17. The summed E-state index contributed by atoms with van der Waals surface area (Å²) in [5, 5.41) is 21.2. The lowest BCUT2D eigenvalue weighted by atomic mass is 9.87. The number of carbonyl (C=O) groups is 2. The van der Waals surface area contributed by atoms with E-state index >= 15 is 0 Å². The number of aromatic hydroxyl groups is 1. The number of aliphatic carboxylic acids is 1. The number of hydrogen-bond acceptors (Lipinski definition) is 6. The van der Waals surface area contributed by atoms with Gasteiger partial charge < -0.3 is 15.5 Å². The van der Waals surface area contributed by atoms with Gasteiger partial charge in [0, 0.05) is 18.0 Å². The van der Waals surface area contributed by atoms with E-state index in [0.717, 1.165) is 11.1 Å². The Bertz CT molecular complexity index is 1200. The van der Waals surface area contributed by atoms with E-state index in [0.29, 0.717) is 5.56 Å². The van der Waals surface area contributed by atoms with Gasteiger partial charge in [0.25, 0.3) is 11.5 Å². The largest absolute Gasteiger partial charge is 0.493 e. The maximum Gasteiger partial charge on any atom is 0.322 e. The van der Waals surface area contributed by atoms with Gasteiger partial charge in [-0.2, -0.15) is 4.98 Å². The van der Waals surface area contributed by atoms with Gasteiger partial charge in [-0.3, -0.25) is 23.9 Å². The van der Waals surface area contributed by atoms with Crippen molar-refractivity contribution < 1.29 is 19.8 Å². The molecule has 2 aromatic heterocycles. The van der Waals surface area contributed by atoms with Crippen LogP contribution < -0.4 is 10.9 Å². The molecule has 0 radical (unpaired) electrons. The molecule has 0 spiro atoms. The third kappa shape index (κ3) is 5.00. The molecule has 0 fully saturated rings. The van der Waals surface area contributed by atoms with Crippen molar-refractivity contribution in [2.75, 3.05) is 6.54 Å². The van der Waals surface area contributed by atoms with E-state index < -0.39 is 35.4 Å². The molecule has 2 heterocycles. The Labute approximate surface area is 184 Å². The number of aromatic nitrogens is 3. The lowest BCUT2D eigenvalue weighted by molar-refractivity contribution is -0.135. The number of carbonyl (C=O) groups excluding carboxylic acids is 1. The topological polar surface area (TPSA) is 134 Å². The molecule has 166 valence electrons. The van der Waals surface area contributed by atoms with Gasteiger partial charge in [-0.25, -0.2) is 0 Å². The van der Waals surface area contributed by atoms with Crippen LogP contribution >= 0.6 is 0 Å². The lowest BCUT2D eigenvalue weighted by Crippen LogP contribution is -2.36. The first-order valence-electron chi connectivity index (χ1n) is 9.91. The molecule has 0 aliphatic heterocycles. The second kappa shape index (κ2) is 9.01. The number of benzene rings is 1. The third-order valence-corrected chi connectivity index (χ3v) is 4.88. The summed E-state index contributed by atoms with van der Waals surface area (Å²) in [6, 6.07) is 11.0. The van der Waals surface area contributed by atoms with Crippen LogP contribution in [0.25, 0.3) is 11.4 Å². The molecular weight excluding hydrogens is 412 g/mol. The summed E-state index contributed by atoms with van der Waals surface area (Å²) in [6.45, 7) is 5.69. The summed E-state index contributed by atoms with van der Waals surface area (Å²) >= 11 is 0. The molecule has 32 heavy (non-hydrogen) atoms. The molecule has 3 aromatic rings. The van der Waals surface area contributed by atoms with Gasteiger partial charge in [0.2, 0.25) is 5.88 Å². The summed E-state index contributed by atoms with van der Waals surface area (Å²) in [4.78, 5) is 44.4. The SMILES string of the molecule is CC(C)(C)c1ccc(Cn2c(-c3ccncc3)nc(O)c(C(=O)NCC(=O)O)c2=O)cc1.